The van der Waals surface area contributed by atoms with Crippen molar-refractivity contribution in [2.24, 2.45) is 5.92 Å². The number of rotatable bonds is 2. The van der Waals surface area contributed by atoms with Crippen molar-refractivity contribution in [2.75, 3.05) is 23.1 Å². The lowest BCUT2D eigenvalue weighted by molar-refractivity contribution is -0.117. The van der Waals surface area contributed by atoms with Gasteiger partial charge in [-0.1, -0.05) is 17.7 Å². The molecule has 1 amide bonds. The molecule has 1 unspecified atom stereocenters. The number of benzene rings is 1. The fourth-order valence-electron chi connectivity index (χ4n) is 1.92. The van der Waals surface area contributed by atoms with Crippen LogP contribution in [0, 0.1) is 5.92 Å². The van der Waals surface area contributed by atoms with Gasteiger partial charge >= 0.3 is 0 Å². The van der Waals surface area contributed by atoms with Crippen molar-refractivity contribution < 1.29 is 4.79 Å². The van der Waals surface area contributed by atoms with Crippen molar-refractivity contribution >= 4 is 40.5 Å². The third-order valence-electron chi connectivity index (χ3n) is 2.71. The highest BCUT2D eigenvalue weighted by Gasteiger charge is 2.31. The lowest BCUT2D eigenvalue weighted by atomic mass is 10.1. The van der Waals surface area contributed by atoms with Gasteiger partial charge in [0.1, 0.15) is 0 Å². The molecule has 0 aliphatic carbocycles. The van der Waals surface area contributed by atoms with Crippen molar-refractivity contribution in [2.45, 2.75) is 6.42 Å². The minimum atomic E-state index is 0.0328. The van der Waals surface area contributed by atoms with Gasteiger partial charge in [0.15, 0.2) is 0 Å². The maximum Gasteiger partial charge on any atom is 0.227 e. The Hall–Kier alpha value is -0.930. The second-order valence-electron chi connectivity index (χ2n) is 3.91. The fourth-order valence-corrected chi connectivity index (χ4v) is 2.41. The standard InChI is InChI=1S/C11H12Cl2N2O/c12-5-7-4-10(16)15(6-7)11-8(13)2-1-3-9(11)14/h1-3,7H,4-6,14H2. The summed E-state index contributed by atoms with van der Waals surface area (Å²) >= 11 is 11.8. The van der Waals surface area contributed by atoms with Crippen molar-refractivity contribution in [1.29, 1.82) is 0 Å². The molecule has 1 fully saturated rings. The molecule has 1 atom stereocenters. The number of anilines is 2. The van der Waals surface area contributed by atoms with Crippen LogP contribution in [-0.2, 0) is 4.79 Å². The summed E-state index contributed by atoms with van der Waals surface area (Å²) in [5, 5.41) is 0.503. The largest absolute Gasteiger partial charge is 0.397 e. The highest BCUT2D eigenvalue weighted by molar-refractivity contribution is 6.34. The zero-order valence-corrected chi connectivity index (χ0v) is 10.1. The maximum atomic E-state index is 11.8. The summed E-state index contributed by atoms with van der Waals surface area (Å²) in [6.45, 7) is 0.594. The number of nitrogen functional groups attached to an aromatic ring is 1. The third kappa shape index (κ3) is 1.97. The molecule has 0 saturated carbocycles. The van der Waals surface area contributed by atoms with Gasteiger partial charge in [0.25, 0.3) is 0 Å². The molecule has 2 rings (SSSR count). The molecular formula is C11H12Cl2N2O. The van der Waals surface area contributed by atoms with E-state index in [-0.39, 0.29) is 11.8 Å². The van der Waals surface area contributed by atoms with Gasteiger partial charge in [-0.15, -0.1) is 11.6 Å². The number of hydrogen-bond donors (Lipinski definition) is 1. The Balaban J connectivity index is 2.35. The van der Waals surface area contributed by atoms with Crippen molar-refractivity contribution in [3.63, 3.8) is 0 Å². The lowest BCUT2D eigenvalue weighted by Gasteiger charge is -2.19. The van der Waals surface area contributed by atoms with Crippen LogP contribution >= 0.6 is 23.2 Å². The van der Waals surface area contributed by atoms with Crippen molar-refractivity contribution in [3.05, 3.63) is 23.2 Å². The van der Waals surface area contributed by atoms with Gasteiger partial charge in [-0.2, -0.15) is 0 Å². The van der Waals surface area contributed by atoms with Crippen LogP contribution in [0.1, 0.15) is 6.42 Å². The van der Waals surface area contributed by atoms with E-state index in [2.05, 4.69) is 0 Å². The third-order valence-corrected chi connectivity index (χ3v) is 3.45. The molecular weight excluding hydrogens is 247 g/mol. The summed E-state index contributed by atoms with van der Waals surface area (Å²) in [5.74, 6) is 0.697. The number of carbonyl (C=O) groups is 1. The number of hydrogen-bond acceptors (Lipinski definition) is 2. The Morgan fingerprint density at radius 3 is 2.81 bits per heavy atom. The summed E-state index contributed by atoms with van der Waals surface area (Å²) in [6.07, 6.45) is 0.466. The van der Waals surface area contributed by atoms with Crippen LogP contribution in [0.2, 0.25) is 5.02 Å². The SMILES string of the molecule is Nc1cccc(Cl)c1N1CC(CCl)CC1=O. The maximum absolute atomic E-state index is 11.8. The molecule has 2 N–H and O–H groups in total. The van der Waals surface area contributed by atoms with Crippen molar-refractivity contribution in [3.8, 4) is 0 Å². The predicted molar refractivity (Wildman–Crippen MR) is 67.0 cm³/mol. The van der Waals surface area contributed by atoms with E-state index in [9.17, 15) is 4.79 Å². The molecule has 86 valence electrons. The smallest absolute Gasteiger partial charge is 0.227 e. The first-order valence-corrected chi connectivity index (χ1v) is 5.95. The quantitative estimate of drug-likeness (QED) is 0.655. The summed E-state index contributed by atoms with van der Waals surface area (Å²) < 4.78 is 0. The Morgan fingerprint density at radius 1 is 1.50 bits per heavy atom. The Labute approximate surface area is 104 Å². The van der Waals surface area contributed by atoms with Crippen LogP contribution in [0.3, 0.4) is 0 Å². The molecule has 0 spiro atoms. The van der Waals surface area contributed by atoms with Crippen LogP contribution in [-0.4, -0.2) is 18.3 Å². The summed E-state index contributed by atoms with van der Waals surface area (Å²) in [5.41, 5.74) is 6.98. The number of para-hydroxylation sites is 1. The number of nitrogens with zero attached hydrogens (tertiary/aromatic N) is 1. The number of halogens is 2. The van der Waals surface area contributed by atoms with Gasteiger partial charge in [0.2, 0.25) is 5.91 Å². The minimum absolute atomic E-state index is 0.0328. The van der Waals surface area contributed by atoms with E-state index in [1.807, 2.05) is 0 Å². The first-order chi connectivity index (χ1) is 7.63. The molecule has 1 aromatic carbocycles. The number of carbonyl (C=O) groups excluding carboxylic acids is 1. The molecule has 1 saturated heterocycles. The highest BCUT2D eigenvalue weighted by Crippen LogP contribution is 2.35. The van der Waals surface area contributed by atoms with E-state index in [1.54, 1.807) is 23.1 Å². The second kappa shape index (κ2) is 4.52. The van der Waals surface area contributed by atoms with Crippen LogP contribution < -0.4 is 10.6 Å². The van der Waals surface area contributed by atoms with Gasteiger partial charge in [-0.25, -0.2) is 0 Å². The van der Waals surface area contributed by atoms with Gasteiger partial charge in [0, 0.05) is 18.8 Å². The zero-order chi connectivity index (χ0) is 11.7. The van der Waals surface area contributed by atoms with Crippen LogP contribution in [0.4, 0.5) is 11.4 Å². The Kier molecular flexibility index (Phi) is 3.26. The molecule has 0 aromatic heterocycles. The second-order valence-corrected chi connectivity index (χ2v) is 4.62. The number of alkyl halides is 1. The van der Waals surface area contributed by atoms with Gasteiger partial charge < -0.3 is 10.6 Å². The minimum Gasteiger partial charge on any atom is -0.397 e. The van der Waals surface area contributed by atoms with Gasteiger partial charge in [0.05, 0.1) is 16.4 Å². The van der Waals surface area contributed by atoms with E-state index < -0.39 is 0 Å². The van der Waals surface area contributed by atoms with E-state index in [1.165, 1.54) is 0 Å². The molecule has 0 bridgehead atoms. The van der Waals surface area contributed by atoms with E-state index in [0.29, 0.717) is 35.2 Å². The number of nitrogens with two attached hydrogens (primary N) is 1. The summed E-state index contributed by atoms with van der Waals surface area (Å²) in [6, 6.07) is 5.23. The first kappa shape index (κ1) is 11.6. The van der Waals surface area contributed by atoms with E-state index in [4.69, 9.17) is 28.9 Å². The molecule has 1 aliphatic rings. The first-order valence-electron chi connectivity index (χ1n) is 5.03. The van der Waals surface area contributed by atoms with Gasteiger partial charge in [-0.05, 0) is 18.1 Å². The molecule has 1 aromatic rings. The van der Waals surface area contributed by atoms with Gasteiger partial charge in [-0.3, -0.25) is 4.79 Å². The Bertz CT molecular complexity index is 402. The molecule has 1 heterocycles. The number of amides is 1. The van der Waals surface area contributed by atoms with Crippen LogP contribution in [0.15, 0.2) is 18.2 Å². The van der Waals surface area contributed by atoms with Crippen molar-refractivity contribution in [1.82, 2.24) is 0 Å². The summed E-state index contributed by atoms with van der Waals surface area (Å²) in [4.78, 5) is 13.4. The van der Waals surface area contributed by atoms with E-state index in [0.717, 1.165) is 0 Å². The molecule has 5 heteroatoms. The monoisotopic (exact) mass is 258 g/mol. The summed E-state index contributed by atoms with van der Waals surface area (Å²) in [7, 11) is 0. The normalized spacial score (nSPS) is 20.5. The lowest BCUT2D eigenvalue weighted by Crippen LogP contribution is -2.26. The fraction of sp³-hybridized carbons (Fsp3) is 0.364. The Morgan fingerprint density at radius 2 is 2.25 bits per heavy atom. The van der Waals surface area contributed by atoms with Crippen LogP contribution in [0.5, 0.6) is 0 Å². The molecule has 16 heavy (non-hydrogen) atoms. The zero-order valence-electron chi connectivity index (χ0n) is 8.62. The molecule has 3 nitrogen and oxygen atoms in total. The molecule has 0 radical (unpaired) electrons. The van der Waals surface area contributed by atoms with E-state index >= 15 is 0 Å². The predicted octanol–water partition coefficient (Wildman–Crippen LogP) is 2.51. The molecule has 1 aliphatic heterocycles. The average Bonchev–Trinajstić information content (AvgIpc) is 2.60. The topological polar surface area (TPSA) is 46.3 Å². The highest BCUT2D eigenvalue weighted by atomic mass is 35.5. The van der Waals surface area contributed by atoms with Crippen LogP contribution in [0.25, 0.3) is 0 Å². The average molecular weight is 259 g/mol.